The van der Waals surface area contributed by atoms with Gasteiger partial charge < -0.3 is 19.1 Å². The minimum atomic E-state index is -0.468. The van der Waals surface area contributed by atoms with Gasteiger partial charge in [0.2, 0.25) is 0 Å². The molecule has 0 saturated heterocycles. The second-order valence-corrected chi connectivity index (χ2v) is 6.96. The number of amides is 1. The average molecular weight is 361 g/mol. The topological polar surface area (TPSA) is 48.0 Å². The Morgan fingerprint density at radius 2 is 1.96 bits per heavy atom. The Morgan fingerprint density at radius 1 is 1.24 bits per heavy atom. The van der Waals surface area contributed by atoms with E-state index in [1.54, 1.807) is 39.6 Å². The minimum Gasteiger partial charge on any atom is -0.493 e. The third kappa shape index (κ3) is 3.24. The fraction of sp³-hybridized carbons (Fsp3) is 0.421. The molecule has 0 N–H and O–H groups in total. The van der Waals surface area contributed by atoms with Crippen molar-refractivity contribution in [3.63, 3.8) is 0 Å². The van der Waals surface area contributed by atoms with Gasteiger partial charge in [0, 0.05) is 18.5 Å². The van der Waals surface area contributed by atoms with Gasteiger partial charge in [-0.05, 0) is 48.1 Å². The highest BCUT2D eigenvalue weighted by Gasteiger charge is 2.35. The van der Waals surface area contributed by atoms with Crippen molar-refractivity contribution in [3.05, 3.63) is 45.6 Å². The maximum absolute atomic E-state index is 12.9. The number of methoxy groups -OCH3 is 3. The molecule has 6 heteroatoms. The first-order valence-electron chi connectivity index (χ1n) is 8.22. The number of rotatable bonds is 5. The third-order valence-corrected chi connectivity index (χ3v) is 5.60. The smallest absolute Gasteiger partial charge is 0.252 e. The number of fused-ring (bicyclic) bond motifs is 1. The molecule has 3 rings (SSSR count). The van der Waals surface area contributed by atoms with E-state index >= 15 is 0 Å². The first-order valence-corrected chi connectivity index (χ1v) is 9.10. The Morgan fingerprint density at radius 3 is 2.56 bits per heavy atom. The standard InChI is InChI=1S/C19H23NO4S/c1-12(22-2)19(21)20-8-7-13-10-15(23-3)16(24-4)11-14(13)18(20)17-6-5-9-25-17/h5-6,9-12,18H,7-8H2,1-4H3/t12-,18-/m1/s1. The molecule has 0 unspecified atom stereocenters. The number of thiophene rings is 1. The molecule has 1 aromatic carbocycles. The van der Waals surface area contributed by atoms with Gasteiger partial charge in [0.05, 0.1) is 20.3 Å². The lowest BCUT2D eigenvalue weighted by molar-refractivity contribution is -0.143. The molecule has 5 nitrogen and oxygen atoms in total. The van der Waals surface area contributed by atoms with Crippen molar-refractivity contribution in [2.45, 2.75) is 25.5 Å². The molecule has 0 spiro atoms. The Kier molecular flexibility index (Phi) is 5.30. The van der Waals surface area contributed by atoms with Crippen LogP contribution in [0.5, 0.6) is 11.5 Å². The van der Waals surface area contributed by atoms with E-state index in [4.69, 9.17) is 14.2 Å². The Labute approximate surface area is 152 Å². The maximum Gasteiger partial charge on any atom is 0.252 e. The molecule has 2 heterocycles. The van der Waals surface area contributed by atoms with Crippen molar-refractivity contribution in [1.82, 2.24) is 4.90 Å². The summed E-state index contributed by atoms with van der Waals surface area (Å²) < 4.78 is 16.2. The average Bonchev–Trinajstić information content (AvgIpc) is 3.18. The zero-order valence-corrected chi connectivity index (χ0v) is 15.8. The molecular formula is C19H23NO4S. The van der Waals surface area contributed by atoms with Crippen LogP contribution in [0.2, 0.25) is 0 Å². The molecule has 1 aromatic heterocycles. The summed E-state index contributed by atoms with van der Waals surface area (Å²) in [4.78, 5) is 15.9. The van der Waals surface area contributed by atoms with Crippen molar-refractivity contribution >= 4 is 17.2 Å². The van der Waals surface area contributed by atoms with E-state index in [1.807, 2.05) is 28.5 Å². The van der Waals surface area contributed by atoms with E-state index in [9.17, 15) is 4.79 Å². The van der Waals surface area contributed by atoms with Gasteiger partial charge in [-0.15, -0.1) is 11.3 Å². The predicted molar refractivity (Wildman–Crippen MR) is 97.6 cm³/mol. The lowest BCUT2D eigenvalue weighted by Gasteiger charge is -2.38. The van der Waals surface area contributed by atoms with E-state index in [-0.39, 0.29) is 11.9 Å². The number of hydrogen-bond acceptors (Lipinski definition) is 5. The molecule has 0 radical (unpaired) electrons. The zero-order chi connectivity index (χ0) is 18.0. The SMILES string of the molecule is COc1cc2c(cc1OC)[C@H](c1cccs1)N(C(=O)[C@@H](C)OC)CC2. The summed E-state index contributed by atoms with van der Waals surface area (Å²) in [6.45, 7) is 2.44. The van der Waals surface area contributed by atoms with Gasteiger partial charge in [-0.2, -0.15) is 0 Å². The molecule has 2 aromatic rings. The molecule has 1 amide bonds. The highest BCUT2D eigenvalue weighted by Crippen LogP contribution is 2.42. The van der Waals surface area contributed by atoms with Crippen LogP contribution in [0.4, 0.5) is 0 Å². The van der Waals surface area contributed by atoms with Crippen LogP contribution in [-0.2, 0) is 16.0 Å². The Hall–Kier alpha value is -2.05. The van der Waals surface area contributed by atoms with E-state index in [0.717, 1.165) is 22.6 Å². The summed E-state index contributed by atoms with van der Waals surface area (Å²) in [7, 11) is 4.83. The predicted octanol–water partition coefficient (Wildman–Crippen LogP) is 3.27. The molecule has 1 aliphatic rings. The lowest BCUT2D eigenvalue weighted by Crippen LogP contribution is -2.45. The van der Waals surface area contributed by atoms with Crippen LogP contribution in [0.25, 0.3) is 0 Å². The molecule has 0 saturated carbocycles. The third-order valence-electron chi connectivity index (χ3n) is 4.67. The van der Waals surface area contributed by atoms with Crippen LogP contribution < -0.4 is 9.47 Å². The Bertz CT molecular complexity index is 744. The van der Waals surface area contributed by atoms with E-state index in [2.05, 4.69) is 6.07 Å². The van der Waals surface area contributed by atoms with Crippen molar-refractivity contribution in [2.24, 2.45) is 0 Å². The summed E-state index contributed by atoms with van der Waals surface area (Å²) in [6.07, 6.45) is 0.309. The summed E-state index contributed by atoms with van der Waals surface area (Å²) in [5.41, 5.74) is 2.27. The van der Waals surface area contributed by atoms with Gasteiger partial charge in [-0.25, -0.2) is 0 Å². The summed E-state index contributed by atoms with van der Waals surface area (Å²) >= 11 is 1.65. The number of benzene rings is 1. The van der Waals surface area contributed by atoms with Crippen LogP contribution in [0, 0.1) is 0 Å². The van der Waals surface area contributed by atoms with Gasteiger partial charge in [-0.3, -0.25) is 4.79 Å². The second kappa shape index (κ2) is 7.45. The lowest BCUT2D eigenvalue weighted by atomic mass is 9.90. The van der Waals surface area contributed by atoms with Crippen LogP contribution in [0.15, 0.2) is 29.6 Å². The van der Waals surface area contributed by atoms with Gasteiger partial charge >= 0.3 is 0 Å². The van der Waals surface area contributed by atoms with Gasteiger partial charge in [0.25, 0.3) is 5.91 Å². The van der Waals surface area contributed by atoms with Gasteiger partial charge in [0.15, 0.2) is 11.5 Å². The summed E-state index contributed by atoms with van der Waals surface area (Å²) in [6, 6.07) is 7.97. The number of carbonyl (C=O) groups excluding carboxylic acids is 1. The van der Waals surface area contributed by atoms with Crippen LogP contribution in [0.3, 0.4) is 0 Å². The normalized spacial score (nSPS) is 17.8. The largest absolute Gasteiger partial charge is 0.493 e. The quantitative estimate of drug-likeness (QED) is 0.820. The molecule has 1 aliphatic heterocycles. The zero-order valence-electron chi connectivity index (χ0n) is 14.9. The van der Waals surface area contributed by atoms with Crippen LogP contribution in [0.1, 0.15) is 29.0 Å². The molecule has 0 bridgehead atoms. The first kappa shape index (κ1) is 17.8. The maximum atomic E-state index is 12.9. The van der Waals surface area contributed by atoms with Crippen molar-refractivity contribution in [3.8, 4) is 11.5 Å². The van der Waals surface area contributed by atoms with Crippen molar-refractivity contribution in [1.29, 1.82) is 0 Å². The molecule has 0 fully saturated rings. The second-order valence-electron chi connectivity index (χ2n) is 5.98. The molecule has 134 valence electrons. The van der Waals surface area contributed by atoms with Gasteiger partial charge in [0.1, 0.15) is 6.10 Å². The number of hydrogen-bond donors (Lipinski definition) is 0. The van der Waals surface area contributed by atoms with Crippen LogP contribution in [-0.4, -0.2) is 44.8 Å². The summed E-state index contributed by atoms with van der Waals surface area (Å²) in [5.74, 6) is 1.40. The number of ether oxygens (including phenoxy) is 3. The van der Waals surface area contributed by atoms with Crippen molar-refractivity contribution < 1.29 is 19.0 Å². The molecule has 2 atom stereocenters. The minimum absolute atomic E-state index is 0.00124. The van der Waals surface area contributed by atoms with E-state index in [1.165, 1.54) is 5.56 Å². The number of carbonyl (C=O) groups is 1. The Balaban J connectivity index is 2.11. The fourth-order valence-electron chi connectivity index (χ4n) is 3.27. The highest BCUT2D eigenvalue weighted by molar-refractivity contribution is 7.10. The number of nitrogens with zero attached hydrogens (tertiary/aromatic N) is 1. The van der Waals surface area contributed by atoms with E-state index in [0.29, 0.717) is 12.3 Å². The van der Waals surface area contributed by atoms with Crippen LogP contribution >= 0.6 is 11.3 Å². The molecule has 0 aliphatic carbocycles. The van der Waals surface area contributed by atoms with Crippen molar-refractivity contribution in [2.75, 3.05) is 27.9 Å². The molecule has 25 heavy (non-hydrogen) atoms. The van der Waals surface area contributed by atoms with Gasteiger partial charge in [-0.1, -0.05) is 6.07 Å². The summed E-state index contributed by atoms with van der Waals surface area (Å²) in [5, 5.41) is 2.03. The monoisotopic (exact) mass is 361 g/mol. The molecular weight excluding hydrogens is 338 g/mol. The highest BCUT2D eigenvalue weighted by atomic mass is 32.1. The fourth-order valence-corrected chi connectivity index (χ4v) is 4.13. The first-order chi connectivity index (χ1) is 12.1. The van der Waals surface area contributed by atoms with E-state index < -0.39 is 6.10 Å².